The summed E-state index contributed by atoms with van der Waals surface area (Å²) in [6.07, 6.45) is 0. The van der Waals surface area contributed by atoms with Gasteiger partial charge in [-0.2, -0.15) is 4.98 Å². The van der Waals surface area contributed by atoms with Crippen molar-refractivity contribution in [2.24, 2.45) is 0 Å². The minimum Gasteiger partial charge on any atom is -0.481 e. The molecule has 112 valence electrons. The zero-order valence-corrected chi connectivity index (χ0v) is 12.5. The molecule has 1 heterocycles. The number of rotatable bonds is 5. The number of nitrogens with two attached hydrogens (primary N) is 1. The van der Waals surface area contributed by atoms with Gasteiger partial charge in [0.1, 0.15) is 0 Å². The van der Waals surface area contributed by atoms with Crippen LogP contribution in [0.1, 0.15) is 11.3 Å². The molecule has 0 unspecified atom stereocenters. The number of aromatic nitrogens is 2. The highest BCUT2D eigenvalue weighted by Gasteiger charge is 2.14. The largest absolute Gasteiger partial charge is 0.481 e. The van der Waals surface area contributed by atoms with Gasteiger partial charge in [-0.3, -0.25) is 4.72 Å². The van der Waals surface area contributed by atoms with Crippen molar-refractivity contribution in [3.63, 3.8) is 0 Å². The van der Waals surface area contributed by atoms with Crippen LogP contribution in [-0.4, -0.2) is 25.5 Å². The van der Waals surface area contributed by atoms with Gasteiger partial charge in [0.15, 0.2) is 0 Å². The van der Waals surface area contributed by atoms with E-state index in [1.807, 2.05) is 0 Å². The quantitative estimate of drug-likeness (QED) is 0.807. The van der Waals surface area contributed by atoms with E-state index in [1.165, 1.54) is 7.11 Å². The van der Waals surface area contributed by atoms with Crippen LogP contribution >= 0.6 is 0 Å². The Kier molecular flexibility index (Phi) is 4.27. The first-order chi connectivity index (χ1) is 9.88. The molecule has 0 aliphatic heterocycles. The lowest BCUT2D eigenvalue weighted by atomic mass is 10.2. The zero-order valence-electron chi connectivity index (χ0n) is 11.7. The molecule has 0 saturated carbocycles. The average molecular weight is 308 g/mol. The molecule has 0 atom stereocenters. The number of ether oxygens (including phenoxy) is 1. The van der Waals surface area contributed by atoms with E-state index in [4.69, 9.17) is 10.5 Å². The van der Waals surface area contributed by atoms with Gasteiger partial charge in [0.05, 0.1) is 12.9 Å². The number of anilines is 2. The van der Waals surface area contributed by atoms with Crippen LogP contribution in [-0.2, 0) is 15.8 Å². The van der Waals surface area contributed by atoms with Crippen LogP contribution < -0.4 is 15.2 Å². The van der Waals surface area contributed by atoms with Crippen LogP contribution in [0, 0.1) is 6.92 Å². The average Bonchev–Trinajstić information content (AvgIpc) is 2.39. The number of methoxy groups -OCH3 is 1. The lowest BCUT2D eigenvalue weighted by molar-refractivity contribution is 0.397. The second-order valence-electron chi connectivity index (χ2n) is 4.48. The molecule has 2 rings (SSSR count). The van der Waals surface area contributed by atoms with Crippen LogP contribution in [0.5, 0.6) is 5.88 Å². The van der Waals surface area contributed by atoms with E-state index in [1.54, 1.807) is 37.3 Å². The number of benzene rings is 1. The standard InChI is InChI=1S/C13H16N4O3S/c1-9-7-12(20-2)16-13(15-9)17-21(18,19)8-10-3-5-11(14)6-4-10/h3-7H,8,14H2,1-2H3,(H,15,16,17). The van der Waals surface area contributed by atoms with E-state index in [0.717, 1.165) is 0 Å². The third kappa shape index (κ3) is 4.32. The number of nitrogens with one attached hydrogen (secondary N) is 1. The first-order valence-corrected chi connectivity index (χ1v) is 7.78. The molecule has 0 radical (unpaired) electrons. The highest BCUT2D eigenvalue weighted by Crippen LogP contribution is 2.15. The van der Waals surface area contributed by atoms with Gasteiger partial charge in [0.2, 0.25) is 21.9 Å². The van der Waals surface area contributed by atoms with Crippen molar-refractivity contribution in [3.8, 4) is 5.88 Å². The molecule has 0 aliphatic carbocycles. The predicted octanol–water partition coefficient (Wildman–Crippen LogP) is 1.32. The summed E-state index contributed by atoms with van der Waals surface area (Å²) in [4.78, 5) is 7.97. The van der Waals surface area contributed by atoms with E-state index in [9.17, 15) is 8.42 Å². The van der Waals surface area contributed by atoms with Crippen molar-refractivity contribution in [1.82, 2.24) is 9.97 Å². The molecular formula is C13H16N4O3S. The Morgan fingerprint density at radius 3 is 2.52 bits per heavy atom. The Hall–Kier alpha value is -2.35. The fourth-order valence-electron chi connectivity index (χ4n) is 1.70. The van der Waals surface area contributed by atoms with E-state index in [-0.39, 0.29) is 11.7 Å². The van der Waals surface area contributed by atoms with Gasteiger partial charge in [-0.15, -0.1) is 0 Å². The Labute approximate surface area is 123 Å². The Morgan fingerprint density at radius 1 is 1.24 bits per heavy atom. The van der Waals surface area contributed by atoms with Crippen LogP contribution in [0.4, 0.5) is 11.6 Å². The molecule has 0 amide bonds. The highest BCUT2D eigenvalue weighted by atomic mass is 32.2. The molecule has 0 fully saturated rings. The van der Waals surface area contributed by atoms with Gasteiger partial charge in [-0.25, -0.2) is 13.4 Å². The number of sulfonamides is 1. The summed E-state index contributed by atoms with van der Waals surface area (Å²) in [6.45, 7) is 1.72. The van der Waals surface area contributed by atoms with Gasteiger partial charge in [-0.05, 0) is 24.6 Å². The number of aryl methyl sites for hydroxylation is 1. The second kappa shape index (κ2) is 5.96. The normalized spacial score (nSPS) is 11.1. The molecule has 1 aromatic carbocycles. The SMILES string of the molecule is COc1cc(C)nc(NS(=O)(=O)Cc2ccc(N)cc2)n1. The van der Waals surface area contributed by atoms with Crippen molar-refractivity contribution < 1.29 is 13.2 Å². The molecule has 0 saturated heterocycles. The van der Waals surface area contributed by atoms with Crippen molar-refractivity contribution in [3.05, 3.63) is 41.6 Å². The number of nitrogens with zero attached hydrogens (tertiary/aromatic N) is 2. The lowest BCUT2D eigenvalue weighted by Gasteiger charge is -2.08. The molecule has 2 aromatic rings. The summed E-state index contributed by atoms with van der Waals surface area (Å²) in [5.74, 6) is 0.0994. The Morgan fingerprint density at radius 2 is 1.90 bits per heavy atom. The maximum Gasteiger partial charge on any atom is 0.240 e. The van der Waals surface area contributed by atoms with Crippen LogP contribution in [0.15, 0.2) is 30.3 Å². The summed E-state index contributed by atoms with van der Waals surface area (Å²) in [7, 11) is -2.16. The monoisotopic (exact) mass is 308 g/mol. The summed E-state index contributed by atoms with van der Waals surface area (Å²) in [6, 6.07) is 8.23. The van der Waals surface area contributed by atoms with Crippen molar-refractivity contribution in [2.45, 2.75) is 12.7 Å². The maximum absolute atomic E-state index is 12.1. The zero-order chi connectivity index (χ0) is 15.5. The van der Waals surface area contributed by atoms with Crippen LogP contribution in [0.2, 0.25) is 0 Å². The molecule has 0 aliphatic rings. The topological polar surface area (TPSA) is 107 Å². The smallest absolute Gasteiger partial charge is 0.240 e. The Balaban J connectivity index is 2.17. The van der Waals surface area contributed by atoms with Gasteiger partial charge in [0.25, 0.3) is 0 Å². The van der Waals surface area contributed by atoms with Gasteiger partial charge in [0, 0.05) is 17.4 Å². The van der Waals surface area contributed by atoms with Gasteiger partial charge in [-0.1, -0.05) is 12.1 Å². The summed E-state index contributed by atoms with van der Waals surface area (Å²) in [5, 5.41) is 0. The predicted molar refractivity (Wildman–Crippen MR) is 80.4 cm³/mol. The van der Waals surface area contributed by atoms with E-state index in [2.05, 4.69) is 14.7 Å². The first kappa shape index (κ1) is 15.0. The van der Waals surface area contributed by atoms with Gasteiger partial charge < -0.3 is 10.5 Å². The Bertz CT molecular complexity index is 730. The van der Waals surface area contributed by atoms with Crippen molar-refractivity contribution in [1.29, 1.82) is 0 Å². The summed E-state index contributed by atoms with van der Waals surface area (Å²) >= 11 is 0. The minimum atomic E-state index is -3.61. The van der Waals surface area contributed by atoms with Crippen molar-refractivity contribution in [2.75, 3.05) is 17.6 Å². The van der Waals surface area contributed by atoms with Crippen LogP contribution in [0.3, 0.4) is 0 Å². The molecule has 3 N–H and O–H groups in total. The van der Waals surface area contributed by atoms with E-state index < -0.39 is 10.0 Å². The summed E-state index contributed by atoms with van der Waals surface area (Å²) < 4.78 is 31.5. The van der Waals surface area contributed by atoms with Crippen molar-refractivity contribution >= 4 is 21.7 Å². The van der Waals surface area contributed by atoms with E-state index in [0.29, 0.717) is 22.8 Å². The minimum absolute atomic E-state index is 0.0118. The fourth-order valence-corrected chi connectivity index (χ4v) is 2.77. The third-order valence-electron chi connectivity index (χ3n) is 2.62. The third-order valence-corrected chi connectivity index (χ3v) is 3.83. The molecule has 0 bridgehead atoms. The molecule has 0 spiro atoms. The van der Waals surface area contributed by atoms with Crippen LogP contribution in [0.25, 0.3) is 0 Å². The number of hydrogen-bond acceptors (Lipinski definition) is 6. The van der Waals surface area contributed by atoms with Gasteiger partial charge >= 0.3 is 0 Å². The first-order valence-electron chi connectivity index (χ1n) is 6.12. The molecule has 8 heteroatoms. The maximum atomic E-state index is 12.1. The molecular weight excluding hydrogens is 292 g/mol. The molecule has 7 nitrogen and oxygen atoms in total. The lowest BCUT2D eigenvalue weighted by Crippen LogP contribution is -2.17. The molecule has 21 heavy (non-hydrogen) atoms. The second-order valence-corrected chi connectivity index (χ2v) is 6.20. The molecule has 1 aromatic heterocycles. The summed E-state index contributed by atoms with van der Waals surface area (Å²) in [5.41, 5.74) is 7.37. The van der Waals surface area contributed by atoms with E-state index >= 15 is 0 Å². The highest BCUT2D eigenvalue weighted by molar-refractivity contribution is 7.91. The number of nitrogen functional groups attached to an aromatic ring is 1. The fraction of sp³-hybridized carbons (Fsp3) is 0.231. The number of hydrogen-bond donors (Lipinski definition) is 2.